The van der Waals surface area contributed by atoms with Gasteiger partial charge in [0.15, 0.2) is 6.10 Å². The number of ether oxygens (including phenoxy) is 3. The van der Waals surface area contributed by atoms with E-state index in [-0.39, 0.29) is 31.6 Å². The van der Waals surface area contributed by atoms with Gasteiger partial charge < -0.3 is 14.2 Å². The molecule has 0 rings (SSSR count). The van der Waals surface area contributed by atoms with Crippen LogP contribution in [0.15, 0.2) is 146 Å². The lowest BCUT2D eigenvalue weighted by Gasteiger charge is -2.18. The summed E-state index contributed by atoms with van der Waals surface area (Å²) in [4.78, 5) is 38.4. The maximum absolute atomic E-state index is 12.9. The van der Waals surface area contributed by atoms with E-state index in [9.17, 15) is 14.4 Å². The van der Waals surface area contributed by atoms with Crippen molar-refractivity contribution in [2.45, 2.75) is 309 Å². The van der Waals surface area contributed by atoms with Crippen molar-refractivity contribution in [3.63, 3.8) is 0 Å². The summed E-state index contributed by atoms with van der Waals surface area (Å²) in [5.41, 5.74) is 0. The van der Waals surface area contributed by atoms with Gasteiger partial charge in [0.25, 0.3) is 0 Å². The van der Waals surface area contributed by atoms with Crippen molar-refractivity contribution < 1.29 is 28.6 Å². The zero-order chi connectivity index (χ0) is 59.9. The van der Waals surface area contributed by atoms with Crippen molar-refractivity contribution in [2.24, 2.45) is 0 Å². The lowest BCUT2D eigenvalue weighted by atomic mass is 10.0. The fourth-order valence-corrected chi connectivity index (χ4v) is 9.28. The van der Waals surface area contributed by atoms with E-state index in [0.717, 1.165) is 122 Å². The smallest absolute Gasteiger partial charge is 0.309 e. The maximum atomic E-state index is 12.9. The number of carbonyl (C=O) groups is 3. The molecule has 6 heteroatoms. The molecular formula is C77H126O6. The third-order valence-electron chi connectivity index (χ3n) is 14.3. The first kappa shape index (κ1) is 78.3. The molecule has 0 aliphatic rings. The predicted octanol–water partition coefficient (Wildman–Crippen LogP) is 23.9. The summed E-state index contributed by atoms with van der Waals surface area (Å²) >= 11 is 0. The second-order valence-electron chi connectivity index (χ2n) is 22.3. The highest BCUT2D eigenvalue weighted by atomic mass is 16.6. The molecule has 0 bridgehead atoms. The van der Waals surface area contributed by atoms with E-state index < -0.39 is 12.1 Å². The van der Waals surface area contributed by atoms with Gasteiger partial charge in [-0.15, -0.1) is 0 Å². The molecule has 0 heterocycles. The molecule has 0 amide bonds. The van der Waals surface area contributed by atoms with Crippen molar-refractivity contribution in [3.8, 4) is 0 Å². The predicted molar refractivity (Wildman–Crippen MR) is 362 cm³/mol. The van der Waals surface area contributed by atoms with Crippen LogP contribution in [0.3, 0.4) is 0 Å². The SMILES string of the molecule is CC/C=C\C/C=C\C/C=C\C/C=C\C/C=C\CCCCCCCCCC(=O)OC(COC(=O)C/C=C\C/C=C\C/C=C\C/C=C\C/C=C\CC)COC(=O)CCCCCCCCCCCCCCCCC/C=C\C/C=C\CCCCCCC. The van der Waals surface area contributed by atoms with Crippen LogP contribution in [0.25, 0.3) is 0 Å². The van der Waals surface area contributed by atoms with E-state index in [4.69, 9.17) is 14.2 Å². The average molecular weight is 1150 g/mol. The van der Waals surface area contributed by atoms with Gasteiger partial charge in [0.2, 0.25) is 0 Å². The van der Waals surface area contributed by atoms with Crippen LogP contribution >= 0.6 is 0 Å². The van der Waals surface area contributed by atoms with E-state index in [1.165, 1.54) is 141 Å². The van der Waals surface area contributed by atoms with E-state index in [2.05, 4.69) is 154 Å². The minimum absolute atomic E-state index is 0.116. The van der Waals surface area contributed by atoms with Gasteiger partial charge in [-0.05, 0) is 122 Å². The summed E-state index contributed by atoms with van der Waals surface area (Å²) in [5, 5.41) is 0. The minimum atomic E-state index is -0.832. The molecule has 0 aromatic heterocycles. The Labute approximate surface area is 512 Å². The normalized spacial score (nSPS) is 13.0. The van der Waals surface area contributed by atoms with Gasteiger partial charge in [-0.3, -0.25) is 14.4 Å². The van der Waals surface area contributed by atoms with Gasteiger partial charge in [0, 0.05) is 12.8 Å². The molecule has 0 aromatic carbocycles. The van der Waals surface area contributed by atoms with Gasteiger partial charge in [-0.2, -0.15) is 0 Å². The Morgan fingerprint density at radius 2 is 0.518 bits per heavy atom. The Kier molecular flexibility index (Phi) is 65.8. The Balaban J connectivity index is 4.41. The number of allylic oxidation sites excluding steroid dienone is 23. The number of hydrogen-bond donors (Lipinski definition) is 0. The lowest BCUT2D eigenvalue weighted by Crippen LogP contribution is -2.30. The van der Waals surface area contributed by atoms with Crippen molar-refractivity contribution in [3.05, 3.63) is 146 Å². The number of esters is 3. The van der Waals surface area contributed by atoms with Crippen LogP contribution in [0.4, 0.5) is 0 Å². The molecule has 0 N–H and O–H groups in total. The second kappa shape index (κ2) is 69.8. The van der Waals surface area contributed by atoms with Crippen LogP contribution in [0.2, 0.25) is 0 Å². The summed E-state index contributed by atoms with van der Waals surface area (Å²) in [6.45, 7) is 6.32. The molecule has 0 aliphatic heterocycles. The first-order chi connectivity index (χ1) is 41.0. The average Bonchev–Trinajstić information content (AvgIpc) is 3.49. The molecular weight excluding hydrogens is 1020 g/mol. The third kappa shape index (κ3) is 68.0. The molecule has 1 unspecified atom stereocenters. The number of hydrogen-bond acceptors (Lipinski definition) is 6. The highest BCUT2D eigenvalue weighted by Gasteiger charge is 2.19. The molecule has 470 valence electrons. The molecule has 6 nitrogen and oxygen atoms in total. The Hall–Kier alpha value is -4.71. The van der Waals surface area contributed by atoms with Crippen LogP contribution in [-0.4, -0.2) is 37.2 Å². The van der Waals surface area contributed by atoms with Crippen molar-refractivity contribution in [2.75, 3.05) is 13.2 Å². The van der Waals surface area contributed by atoms with Crippen molar-refractivity contribution in [1.29, 1.82) is 0 Å². The van der Waals surface area contributed by atoms with Crippen LogP contribution in [0.1, 0.15) is 303 Å². The van der Waals surface area contributed by atoms with E-state index >= 15 is 0 Å². The topological polar surface area (TPSA) is 78.9 Å². The molecule has 1 atom stereocenters. The third-order valence-corrected chi connectivity index (χ3v) is 14.3. The first-order valence-corrected chi connectivity index (χ1v) is 34.3. The van der Waals surface area contributed by atoms with Gasteiger partial charge in [-0.25, -0.2) is 0 Å². The molecule has 0 aromatic rings. The van der Waals surface area contributed by atoms with Crippen LogP contribution in [0.5, 0.6) is 0 Å². The van der Waals surface area contributed by atoms with Gasteiger partial charge in [0.05, 0.1) is 6.42 Å². The molecule has 0 fully saturated rings. The van der Waals surface area contributed by atoms with Crippen molar-refractivity contribution in [1.82, 2.24) is 0 Å². The highest BCUT2D eigenvalue weighted by molar-refractivity contribution is 5.72. The standard InChI is InChI=1S/C77H126O6/c1-4-7-10-13-16-19-22-25-28-30-32-34-36-37-38-39-41-42-44-46-49-52-55-58-61-64-67-70-76(79)82-73-74(72-81-75(78)69-66-63-60-57-54-51-48-27-24-21-18-15-12-9-6-3)83-77(80)71-68-65-62-59-56-53-50-47-45-43-40-35-33-31-29-26-23-20-17-14-11-8-5-2/h8-9,11-12,17-18,20-22,25-27,29-30,32-33,35,43,45,48,54,57,63,66,74H,4-7,10,13-16,19,23-24,28,31,34,36-42,44,46-47,49-53,55-56,58-62,64-65,67-73H2,1-3H3/b11-8-,12-9-,20-17-,21-18-,25-22-,29-26-,32-30-,35-33-,45-43-,48-27-,57-54-,66-63-. The Morgan fingerprint density at radius 1 is 0.265 bits per heavy atom. The number of rotatable bonds is 61. The van der Waals surface area contributed by atoms with Crippen LogP contribution in [-0.2, 0) is 28.6 Å². The molecule has 0 radical (unpaired) electrons. The second-order valence-corrected chi connectivity index (χ2v) is 22.3. The fourth-order valence-electron chi connectivity index (χ4n) is 9.28. The lowest BCUT2D eigenvalue weighted by molar-refractivity contribution is -0.166. The van der Waals surface area contributed by atoms with E-state index in [0.29, 0.717) is 12.8 Å². The molecule has 0 saturated carbocycles. The summed E-state index contributed by atoms with van der Waals surface area (Å²) in [6.07, 6.45) is 100. The molecule has 0 saturated heterocycles. The van der Waals surface area contributed by atoms with E-state index in [1.54, 1.807) is 6.08 Å². The minimum Gasteiger partial charge on any atom is -0.462 e. The van der Waals surface area contributed by atoms with Crippen LogP contribution in [0, 0.1) is 0 Å². The molecule has 83 heavy (non-hydrogen) atoms. The summed E-state index contributed by atoms with van der Waals surface area (Å²) < 4.78 is 16.8. The van der Waals surface area contributed by atoms with Gasteiger partial charge in [0.1, 0.15) is 13.2 Å². The number of carbonyl (C=O) groups excluding carboxylic acids is 3. The summed E-state index contributed by atoms with van der Waals surface area (Å²) in [7, 11) is 0. The van der Waals surface area contributed by atoms with E-state index in [1.807, 2.05) is 6.08 Å². The highest BCUT2D eigenvalue weighted by Crippen LogP contribution is 2.16. The zero-order valence-electron chi connectivity index (χ0n) is 53.9. The fraction of sp³-hybridized carbons (Fsp3) is 0.649. The largest absolute Gasteiger partial charge is 0.462 e. The maximum Gasteiger partial charge on any atom is 0.309 e. The summed E-state index contributed by atoms with van der Waals surface area (Å²) in [6, 6.07) is 0. The van der Waals surface area contributed by atoms with Gasteiger partial charge >= 0.3 is 17.9 Å². The monoisotopic (exact) mass is 1150 g/mol. The first-order valence-electron chi connectivity index (χ1n) is 34.3. The quantitative estimate of drug-likeness (QED) is 0.0261. The van der Waals surface area contributed by atoms with Crippen LogP contribution < -0.4 is 0 Å². The zero-order valence-corrected chi connectivity index (χ0v) is 53.9. The van der Waals surface area contributed by atoms with Crippen molar-refractivity contribution >= 4 is 17.9 Å². The molecule has 0 aliphatic carbocycles. The number of unbranched alkanes of at least 4 members (excludes halogenated alkanes) is 27. The van der Waals surface area contributed by atoms with Gasteiger partial charge in [-0.1, -0.05) is 308 Å². The summed E-state index contributed by atoms with van der Waals surface area (Å²) in [5.74, 6) is -1.06. The Morgan fingerprint density at radius 3 is 0.843 bits per heavy atom. The molecule has 0 spiro atoms. The Bertz CT molecular complexity index is 1800.